The molecule has 0 aliphatic rings. The van der Waals surface area contributed by atoms with E-state index in [0.29, 0.717) is 23.4 Å². The maximum Gasteiger partial charge on any atom is 0.312 e. The lowest BCUT2D eigenvalue weighted by atomic mass is 10.1. The molecule has 2 aromatic heterocycles. The first-order valence-corrected chi connectivity index (χ1v) is 7.83. The number of carbonyl (C=O) groups excluding carboxylic acids is 1. The second kappa shape index (κ2) is 6.20. The summed E-state index contributed by atoms with van der Waals surface area (Å²) in [7, 11) is 0. The molecule has 0 aliphatic heterocycles. The second-order valence-electron chi connectivity index (χ2n) is 5.70. The summed E-state index contributed by atoms with van der Waals surface area (Å²) >= 11 is 0. The largest absolute Gasteiger partial charge is 0.352 e. The molecule has 0 radical (unpaired) electrons. The Kier molecular flexibility index (Phi) is 3.74. The van der Waals surface area contributed by atoms with Crippen LogP contribution in [0.25, 0.3) is 16.9 Å². The molecule has 0 saturated heterocycles. The van der Waals surface area contributed by atoms with Gasteiger partial charge in [-0.05, 0) is 24.1 Å². The summed E-state index contributed by atoms with van der Waals surface area (Å²) in [4.78, 5) is 15.9. The number of amides is 2. The number of nitrogens with one attached hydrogen (secondary N) is 1. The minimum absolute atomic E-state index is 0.363. The van der Waals surface area contributed by atoms with Crippen molar-refractivity contribution in [3.63, 3.8) is 0 Å². The number of aromatic nitrogens is 2. The van der Waals surface area contributed by atoms with E-state index in [2.05, 4.69) is 10.3 Å². The smallest absolute Gasteiger partial charge is 0.312 e. The van der Waals surface area contributed by atoms with Gasteiger partial charge in [-0.25, -0.2) is 9.78 Å². The molecule has 2 aromatic carbocycles. The summed E-state index contributed by atoms with van der Waals surface area (Å²) in [6.07, 6.45) is 4.09. The second-order valence-corrected chi connectivity index (χ2v) is 5.70. The Hall–Kier alpha value is -3.48. The summed E-state index contributed by atoms with van der Waals surface area (Å²) in [6.45, 7) is 0. The van der Waals surface area contributed by atoms with Crippen LogP contribution in [0.2, 0.25) is 0 Å². The highest BCUT2D eigenvalue weighted by atomic mass is 17.0. The van der Waals surface area contributed by atoms with Crippen LogP contribution < -0.4 is 11.1 Å². The SMILES string of the molecule is NC(=O)N[C@@H](Cc1ccccc1)c1nccn1-c1ccc2ooc2c1. The van der Waals surface area contributed by atoms with Gasteiger partial charge in [0.15, 0.2) is 0 Å². The summed E-state index contributed by atoms with van der Waals surface area (Å²) in [5, 5.41) is 2.78. The van der Waals surface area contributed by atoms with Crippen molar-refractivity contribution in [1.29, 1.82) is 0 Å². The molecule has 2 heterocycles. The summed E-state index contributed by atoms with van der Waals surface area (Å²) < 4.78 is 11.7. The van der Waals surface area contributed by atoms with Gasteiger partial charge in [-0.2, -0.15) is 0 Å². The molecular weight excluding hydrogens is 320 g/mol. The molecule has 0 aliphatic carbocycles. The molecule has 126 valence electrons. The first-order valence-electron chi connectivity index (χ1n) is 7.83. The van der Waals surface area contributed by atoms with Crippen LogP contribution in [0.3, 0.4) is 0 Å². The lowest BCUT2D eigenvalue weighted by Gasteiger charge is -2.19. The molecular formula is C18H16N4O3. The third kappa shape index (κ3) is 2.99. The number of fused-ring (bicyclic) bond motifs is 1. The lowest BCUT2D eigenvalue weighted by molar-refractivity contribution is 0.0589. The number of nitrogens with zero attached hydrogens (tertiary/aromatic N) is 2. The fraction of sp³-hybridized carbons (Fsp3) is 0.111. The third-order valence-electron chi connectivity index (χ3n) is 4.01. The van der Waals surface area contributed by atoms with Crippen LogP contribution in [0, 0.1) is 0 Å². The molecule has 0 saturated carbocycles. The molecule has 7 nitrogen and oxygen atoms in total. The Morgan fingerprint density at radius 2 is 1.96 bits per heavy atom. The van der Waals surface area contributed by atoms with Gasteiger partial charge in [-0.15, -0.1) is 0 Å². The zero-order valence-corrected chi connectivity index (χ0v) is 13.3. The van der Waals surface area contributed by atoms with E-state index in [9.17, 15) is 4.79 Å². The zero-order valence-electron chi connectivity index (χ0n) is 13.3. The molecule has 4 aromatic rings. The quantitative estimate of drug-likeness (QED) is 0.547. The molecule has 0 bridgehead atoms. The highest BCUT2D eigenvalue weighted by Gasteiger charge is 2.20. The maximum atomic E-state index is 11.5. The minimum atomic E-state index is -0.593. The zero-order chi connectivity index (χ0) is 17.2. The van der Waals surface area contributed by atoms with Gasteiger partial charge in [-0.1, -0.05) is 30.3 Å². The highest BCUT2D eigenvalue weighted by Crippen LogP contribution is 2.25. The maximum absolute atomic E-state index is 11.5. The van der Waals surface area contributed by atoms with Crippen LogP contribution in [-0.2, 0) is 6.42 Å². The number of nitrogens with two attached hydrogens (primary N) is 1. The average Bonchev–Trinajstić information content (AvgIpc) is 3.05. The Morgan fingerprint density at radius 3 is 2.64 bits per heavy atom. The predicted octanol–water partition coefficient (Wildman–Crippen LogP) is 3.16. The number of primary amides is 1. The van der Waals surface area contributed by atoms with E-state index in [0.717, 1.165) is 11.3 Å². The third-order valence-corrected chi connectivity index (χ3v) is 4.01. The van der Waals surface area contributed by atoms with Crippen LogP contribution in [0.4, 0.5) is 4.79 Å². The number of hydrogen-bond acceptors (Lipinski definition) is 4. The van der Waals surface area contributed by atoms with Gasteiger partial charge < -0.3 is 15.6 Å². The number of benzene rings is 2. The van der Waals surface area contributed by atoms with Gasteiger partial charge in [0.25, 0.3) is 0 Å². The van der Waals surface area contributed by atoms with Crippen LogP contribution in [0.1, 0.15) is 17.4 Å². The van der Waals surface area contributed by atoms with Crippen molar-refractivity contribution in [2.75, 3.05) is 0 Å². The monoisotopic (exact) mass is 336 g/mol. The van der Waals surface area contributed by atoms with Crippen molar-refractivity contribution in [3.8, 4) is 5.69 Å². The minimum Gasteiger partial charge on any atom is -0.352 e. The van der Waals surface area contributed by atoms with Gasteiger partial charge in [0.05, 0.1) is 11.7 Å². The van der Waals surface area contributed by atoms with E-state index in [1.807, 2.05) is 59.3 Å². The van der Waals surface area contributed by atoms with E-state index in [4.69, 9.17) is 14.9 Å². The summed E-state index contributed by atoms with van der Waals surface area (Å²) in [5.74, 6) is 0.683. The normalized spacial score (nSPS) is 12.3. The van der Waals surface area contributed by atoms with Gasteiger partial charge in [0, 0.05) is 18.5 Å². The molecule has 0 spiro atoms. The van der Waals surface area contributed by atoms with Crippen molar-refractivity contribution in [3.05, 3.63) is 72.3 Å². The van der Waals surface area contributed by atoms with Gasteiger partial charge in [0.2, 0.25) is 11.2 Å². The Morgan fingerprint density at radius 1 is 1.16 bits per heavy atom. The van der Waals surface area contributed by atoms with E-state index in [1.54, 1.807) is 6.20 Å². The first-order chi connectivity index (χ1) is 12.2. The molecule has 4 rings (SSSR count). The number of rotatable bonds is 5. The highest BCUT2D eigenvalue weighted by molar-refractivity contribution is 5.74. The number of hydrogen-bond donors (Lipinski definition) is 2. The van der Waals surface area contributed by atoms with Crippen molar-refractivity contribution in [2.24, 2.45) is 5.73 Å². The van der Waals surface area contributed by atoms with Crippen LogP contribution in [0.15, 0.2) is 70.1 Å². The fourth-order valence-electron chi connectivity index (χ4n) is 2.86. The van der Waals surface area contributed by atoms with Crippen molar-refractivity contribution in [2.45, 2.75) is 12.5 Å². The first kappa shape index (κ1) is 15.1. The Bertz CT molecular complexity index is 1000. The number of imidazole rings is 1. The van der Waals surface area contributed by atoms with E-state index in [-0.39, 0.29) is 6.04 Å². The van der Waals surface area contributed by atoms with Crippen LogP contribution in [-0.4, -0.2) is 15.6 Å². The van der Waals surface area contributed by atoms with Crippen molar-refractivity contribution in [1.82, 2.24) is 14.9 Å². The predicted molar refractivity (Wildman–Crippen MR) is 91.2 cm³/mol. The van der Waals surface area contributed by atoms with E-state index < -0.39 is 6.03 Å². The Labute approximate surface area is 143 Å². The van der Waals surface area contributed by atoms with Crippen LogP contribution >= 0.6 is 0 Å². The van der Waals surface area contributed by atoms with Crippen molar-refractivity contribution >= 4 is 17.2 Å². The lowest BCUT2D eigenvalue weighted by Crippen LogP contribution is -2.35. The average molecular weight is 336 g/mol. The van der Waals surface area contributed by atoms with Crippen LogP contribution in [0.5, 0.6) is 0 Å². The molecule has 7 heteroatoms. The van der Waals surface area contributed by atoms with Gasteiger partial charge >= 0.3 is 6.03 Å². The standard InChI is InChI=1S/C18H16N4O3/c19-18(23)21-14(10-12-4-2-1-3-5-12)17-20-8-9-22(17)13-6-7-15-16(11-13)25-24-15/h1-9,11,14H,10H2,(H3,19,21,23)/t14-/m0/s1. The van der Waals surface area contributed by atoms with Gasteiger partial charge in [0.1, 0.15) is 5.82 Å². The number of carbonyl (C=O) groups is 1. The molecule has 0 unspecified atom stereocenters. The summed E-state index contributed by atoms with van der Waals surface area (Å²) in [6, 6.07) is 14.5. The molecule has 3 N–H and O–H groups in total. The molecule has 0 fully saturated rings. The molecule has 1 atom stereocenters. The van der Waals surface area contributed by atoms with E-state index in [1.165, 1.54) is 0 Å². The topological polar surface area (TPSA) is 99.2 Å². The van der Waals surface area contributed by atoms with Gasteiger partial charge in [-0.3, -0.25) is 9.15 Å². The molecule has 2 amide bonds. The fourth-order valence-corrected chi connectivity index (χ4v) is 2.86. The van der Waals surface area contributed by atoms with E-state index >= 15 is 0 Å². The van der Waals surface area contributed by atoms with Crippen molar-refractivity contribution < 1.29 is 13.9 Å². The summed E-state index contributed by atoms with van der Waals surface area (Å²) in [5.41, 5.74) is 8.67. The number of urea groups is 1. The molecule has 25 heavy (non-hydrogen) atoms. The Balaban J connectivity index is 1.70.